The predicted molar refractivity (Wildman–Crippen MR) is 308 cm³/mol. The molecule has 0 N–H and O–H groups in total. The molecule has 3 aliphatic rings. The molecule has 0 bridgehead atoms. The van der Waals surface area contributed by atoms with Gasteiger partial charge in [0, 0.05) is 0 Å². The van der Waals surface area contributed by atoms with Crippen LogP contribution in [0.2, 0.25) is 0 Å². The summed E-state index contributed by atoms with van der Waals surface area (Å²) >= 11 is 0. The number of esters is 6. The van der Waals surface area contributed by atoms with Crippen molar-refractivity contribution in [2.45, 2.75) is 19.3 Å². The molecule has 0 fully saturated rings. The van der Waals surface area contributed by atoms with Gasteiger partial charge in [-0.05, 0) is 225 Å². The van der Waals surface area contributed by atoms with Gasteiger partial charge in [-0.25, -0.2) is 28.8 Å². The summed E-state index contributed by atoms with van der Waals surface area (Å²) in [5.74, 6) is -2.79. The fourth-order valence-corrected chi connectivity index (χ4v) is 13.1. The smallest absolute Gasteiger partial charge is 0.337 e. The second-order valence-corrected chi connectivity index (χ2v) is 20.3. The van der Waals surface area contributed by atoms with Crippen molar-refractivity contribution in [3.05, 3.63) is 212 Å². The van der Waals surface area contributed by atoms with Gasteiger partial charge in [-0.15, -0.1) is 0 Å². The lowest BCUT2D eigenvalue weighted by molar-refractivity contribution is 0.0592. The summed E-state index contributed by atoms with van der Waals surface area (Å²) in [6.45, 7) is 0. The Kier molecular flexibility index (Phi) is 12.0. The molecule has 0 radical (unpaired) electrons. The maximum atomic E-state index is 13.0. The second kappa shape index (κ2) is 19.3. The van der Waals surface area contributed by atoms with E-state index in [1.54, 1.807) is 72.8 Å². The van der Waals surface area contributed by atoms with Crippen LogP contribution in [0.25, 0.3) is 99.1 Å². The molecule has 12 heteroatoms. The van der Waals surface area contributed by atoms with E-state index in [-0.39, 0.29) is 0 Å². The molecule has 10 aromatic rings. The Balaban J connectivity index is 1.23. The lowest BCUT2D eigenvalue weighted by atomic mass is 9.82. The van der Waals surface area contributed by atoms with Crippen LogP contribution in [-0.2, 0) is 47.7 Å². The Morgan fingerprint density at radius 3 is 0.457 bits per heavy atom. The van der Waals surface area contributed by atoms with Gasteiger partial charge in [0.05, 0.1) is 76.0 Å². The minimum absolute atomic E-state index is 0.394. The zero-order valence-corrected chi connectivity index (χ0v) is 44.9. The van der Waals surface area contributed by atoms with Crippen molar-refractivity contribution < 1.29 is 57.2 Å². The van der Waals surface area contributed by atoms with Crippen LogP contribution in [0, 0.1) is 0 Å². The lowest BCUT2D eigenvalue weighted by Gasteiger charge is -2.21. The zero-order chi connectivity index (χ0) is 56.1. The largest absolute Gasteiger partial charge is 0.465 e. The monoisotopic (exact) mass is 1070 g/mol. The van der Waals surface area contributed by atoms with E-state index in [0.717, 1.165) is 132 Å². The molecule has 0 atom stereocenters. The molecule has 0 unspecified atom stereocenters. The molecule has 0 aliphatic heterocycles. The van der Waals surface area contributed by atoms with E-state index in [2.05, 4.69) is 0 Å². The topological polar surface area (TPSA) is 158 Å². The van der Waals surface area contributed by atoms with E-state index < -0.39 is 35.8 Å². The summed E-state index contributed by atoms with van der Waals surface area (Å²) in [4.78, 5) is 78.2. The number of carbonyl (C=O) groups is 6. The molecule has 396 valence electrons. The van der Waals surface area contributed by atoms with Crippen LogP contribution < -0.4 is 0 Å². The van der Waals surface area contributed by atoms with Crippen LogP contribution in [0.5, 0.6) is 0 Å². The first-order chi connectivity index (χ1) is 39.4. The number of benzene rings is 10. The number of carbonyl (C=O) groups excluding carboxylic acids is 6. The number of hydrogen-bond donors (Lipinski definition) is 0. The van der Waals surface area contributed by atoms with Gasteiger partial charge in [0.2, 0.25) is 0 Å². The van der Waals surface area contributed by atoms with Crippen molar-refractivity contribution in [2.24, 2.45) is 0 Å². The minimum Gasteiger partial charge on any atom is -0.465 e. The minimum atomic E-state index is -0.464. The van der Waals surface area contributed by atoms with Gasteiger partial charge in [-0.2, -0.15) is 0 Å². The summed E-state index contributed by atoms with van der Waals surface area (Å²) in [6.07, 6.45) is 1.41. The zero-order valence-electron chi connectivity index (χ0n) is 44.9. The second-order valence-electron chi connectivity index (χ2n) is 20.3. The first-order valence-electron chi connectivity index (χ1n) is 26.2. The average molecular weight is 1070 g/mol. The van der Waals surface area contributed by atoms with Gasteiger partial charge in [0.15, 0.2) is 0 Å². The molecule has 0 amide bonds. The summed E-state index contributed by atoms with van der Waals surface area (Å²) < 4.78 is 31.0. The molecule has 13 rings (SSSR count). The van der Waals surface area contributed by atoms with E-state index in [4.69, 9.17) is 28.4 Å². The van der Waals surface area contributed by atoms with E-state index in [1.165, 1.54) is 42.7 Å². The fraction of sp³-hybridized carbons (Fsp3) is 0.130. The summed E-state index contributed by atoms with van der Waals surface area (Å²) in [5.41, 5.74) is 19.8. The first kappa shape index (κ1) is 50.3. The van der Waals surface area contributed by atoms with Crippen LogP contribution in [0.1, 0.15) is 95.5 Å². The number of rotatable bonds is 12. The first-order valence-corrected chi connectivity index (χ1v) is 26.2. The highest BCUT2D eigenvalue weighted by atomic mass is 16.5. The maximum absolute atomic E-state index is 13.0. The third-order valence-electron chi connectivity index (χ3n) is 16.5. The van der Waals surface area contributed by atoms with Gasteiger partial charge >= 0.3 is 35.8 Å². The molecular formula is C69H48O12. The molecule has 0 spiro atoms. The van der Waals surface area contributed by atoms with E-state index >= 15 is 0 Å². The number of hydrogen-bond acceptors (Lipinski definition) is 12. The summed E-state index contributed by atoms with van der Waals surface area (Å²) in [5, 5.41) is 6.66. The SMILES string of the molecule is COC(=O)c1ccc(-c2c(-c3ccc(C(=O)OC)cc3)c3c4c5c2Cc2c(-c6ccc(C(=O)OC)cc6)c(-c6ccc(C(=O)OC)cc6)c6c(c25)c2c(c(-c5ccc(C(=O)OC)cc5)c(-c5ccc(C(=O)OC)cc5)c(c42)C3)C6)cc1. The Bertz CT molecular complexity index is 3660. The maximum Gasteiger partial charge on any atom is 0.337 e. The van der Waals surface area contributed by atoms with Crippen molar-refractivity contribution in [1.29, 1.82) is 0 Å². The average Bonchev–Trinajstić information content (AvgIpc) is 4.06. The third-order valence-corrected chi connectivity index (χ3v) is 16.5. The van der Waals surface area contributed by atoms with Crippen LogP contribution >= 0.6 is 0 Å². The van der Waals surface area contributed by atoms with Crippen LogP contribution in [0.15, 0.2) is 146 Å². The van der Waals surface area contributed by atoms with E-state index in [0.29, 0.717) is 52.6 Å². The molecule has 12 nitrogen and oxygen atoms in total. The van der Waals surface area contributed by atoms with Gasteiger partial charge in [0.25, 0.3) is 0 Å². The number of ether oxygens (including phenoxy) is 6. The highest BCUT2D eigenvalue weighted by Crippen LogP contribution is 2.64. The van der Waals surface area contributed by atoms with E-state index in [9.17, 15) is 28.8 Å². The van der Waals surface area contributed by atoms with Crippen molar-refractivity contribution in [2.75, 3.05) is 42.7 Å². The predicted octanol–water partition coefficient (Wildman–Crippen LogP) is 13.6. The third kappa shape index (κ3) is 7.58. The highest BCUT2D eigenvalue weighted by molar-refractivity contribution is 6.38. The van der Waals surface area contributed by atoms with Crippen LogP contribution in [-0.4, -0.2) is 78.5 Å². The molecule has 0 aromatic heterocycles. The Labute approximate surface area is 464 Å². The van der Waals surface area contributed by atoms with Crippen molar-refractivity contribution in [3.8, 4) is 66.8 Å². The van der Waals surface area contributed by atoms with Crippen LogP contribution in [0.4, 0.5) is 0 Å². The molecule has 10 aromatic carbocycles. The van der Waals surface area contributed by atoms with Gasteiger partial charge in [0.1, 0.15) is 0 Å². The standard InChI is InChI=1S/C69H48O12/c1-76-64(70)40-19-7-34(8-20-40)52-46-31-48-54(36-11-23-42(24-12-36)66(72)78-3)56(38-15-27-44(28-16-38)68(74)80-5)50-33-51-57(39-17-29-45(30-18-39)69(75)81-6)55(37-13-25-43(26-14-37)67(73)79-4)49-32-47(59-58(46)60(48)62(50)63(51)61(49)59)53(52)35-9-21-41(22-10-35)65(71)77-2/h7-30H,31-33H2,1-6H3. The normalized spacial score (nSPS) is 12.2. The quantitative estimate of drug-likeness (QED) is 0.0649. The summed E-state index contributed by atoms with van der Waals surface area (Å²) in [7, 11) is 8.16. The Morgan fingerprint density at radius 2 is 0.346 bits per heavy atom. The number of methoxy groups -OCH3 is 6. The molecule has 0 saturated heterocycles. The molecular weight excluding hydrogens is 1020 g/mol. The van der Waals surface area contributed by atoms with E-state index in [1.807, 2.05) is 72.8 Å². The van der Waals surface area contributed by atoms with Crippen LogP contribution in [0.3, 0.4) is 0 Å². The molecule has 3 aliphatic carbocycles. The summed E-state index contributed by atoms with van der Waals surface area (Å²) in [6, 6.07) is 45.1. The van der Waals surface area contributed by atoms with Crippen molar-refractivity contribution in [3.63, 3.8) is 0 Å². The van der Waals surface area contributed by atoms with Crippen molar-refractivity contribution >= 4 is 68.1 Å². The lowest BCUT2D eigenvalue weighted by Crippen LogP contribution is -2.03. The van der Waals surface area contributed by atoms with Gasteiger partial charge in [-0.1, -0.05) is 72.8 Å². The Morgan fingerprint density at radius 1 is 0.222 bits per heavy atom. The van der Waals surface area contributed by atoms with Crippen molar-refractivity contribution in [1.82, 2.24) is 0 Å². The fourth-order valence-electron chi connectivity index (χ4n) is 13.1. The van der Waals surface area contributed by atoms with Gasteiger partial charge in [-0.3, -0.25) is 0 Å². The van der Waals surface area contributed by atoms with Gasteiger partial charge < -0.3 is 28.4 Å². The molecule has 0 heterocycles. The highest BCUT2D eigenvalue weighted by Gasteiger charge is 2.41. The molecule has 81 heavy (non-hydrogen) atoms. The molecule has 0 saturated carbocycles. The Hall–Kier alpha value is -10.2.